The molecular formula is C23H25ClN5O2P. The Morgan fingerprint density at radius 2 is 1.94 bits per heavy atom. The van der Waals surface area contributed by atoms with E-state index in [0.717, 1.165) is 22.6 Å². The monoisotopic (exact) mass is 469 g/mol. The molecule has 2 aromatic heterocycles. The lowest BCUT2D eigenvalue weighted by Crippen LogP contribution is -2.16. The summed E-state index contributed by atoms with van der Waals surface area (Å²) in [6.45, 7) is 0. The number of ether oxygens (including phenoxy) is 1. The van der Waals surface area contributed by atoms with Gasteiger partial charge in [-0.1, -0.05) is 17.7 Å². The third kappa shape index (κ3) is 4.07. The van der Waals surface area contributed by atoms with Crippen LogP contribution in [-0.4, -0.2) is 39.1 Å². The minimum Gasteiger partial charge on any atom is -0.494 e. The van der Waals surface area contributed by atoms with Crippen molar-refractivity contribution in [2.75, 3.05) is 12.4 Å². The number of carbonyl (C=O) groups is 1. The van der Waals surface area contributed by atoms with E-state index in [-0.39, 0.29) is 18.6 Å². The maximum Gasteiger partial charge on any atom is 0.252 e. The van der Waals surface area contributed by atoms with Crippen LogP contribution in [0.3, 0.4) is 0 Å². The number of nitrogens with two attached hydrogens (primary N) is 1. The quantitative estimate of drug-likeness (QED) is 0.376. The Balaban J connectivity index is 1.52. The largest absolute Gasteiger partial charge is 0.494 e. The van der Waals surface area contributed by atoms with Gasteiger partial charge in [0.1, 0.15) is 5.15 Å². The van der Waals surface area contributed by atoms with Gasteiger partial charge in [0.05, 0.1) is 35.2 Å². The average Bonchev–Trinajstić information content (AvgIpc) is 3.68. The SMILES string of the molecule is COc1c(Nc2cc(Cl)ncc2C(N)=O)cccc1-c1cc(P(C2CC2)C2CC2)n(C)n1. The summed E-state index contributed by atoms with van der Waals surface area (Å²) in [5.74, 6) is 0.0531. The second kappa shape index (κ2) is 8.38. The normalized spacial score (nSPS) is 15.8. The molecular weight excluding hydrogens is 445 g/mol. The smallest absolute Gasteiger partial charge is 0.252 e. The number of aromatic nitrogens is 3. The number of aryl methyl sites for hydroxylation is 1. The Morgan fingerprint density at radius 1 is 1.22 bits per heavy atom. The van der Waals surface area contributed by atoms with Crippen LogP contribution in [0.15, 0.2) is 36.5 Å². The Hall–Kier alpha value is -2.63. The van der Waals surface area contributed by atoms with Crippen LogP contribution in [-0.2, 0) is 7.05 Å². The van der Waals surface area contributed by atoms with Crippen LogP contribution in [0.1, 0.15) is 36.0 Å². The summed E-state index contributed by atoms with van der Waals surface area (Å²) in [6.07, 6.45) is 6.76. The molecule has 2 fully saturated rings. The number of benzene rings is 1. The first-order valence-corrected chi connectivity index (χ1v) is 12.5. The van der Waals surface area contributed by atoms with E-state index in [2.05, 4.69) is 21.0 Å². The van der Waals surface area contributed by atoms with E-state index in [4.69, 9.17) is 27.2 Å². The van der Waals surface area contributed by atoms with E-state index in [9.17, 15) is 4.79 Å². The van der Waals surface area contributed by atoms with E-state index in [1.165, 1.54) is 37.3 Å². The van der Waals surface area contributed by atoms with Crippen LogP contribution in [0.2, 0.25) is 5.15 Å². The molecule has 1 aromatic carbocycles. The van der Waals surface area contributed by atoms with Crippen molar-refractivity contribution >= 4 is 42.2 Å². The number of halogens is 1. The van der Waals surface area contributed by atoms with Gasteiger partial charge >= 0.3 is 0 Å². The molecule has 7 nitrogen and oxygen atoms in total. The number of anilines is 2. The highest BCUT2D eigenvalue weighted by atomic mass is 35.5. The molecule has 2 aliphatic carbocycles. The molecule has 3 N–H and O–H groups in total. The summed E-state index contributed by atoms with van der Waals surface area (Å²) in [4.78, 5) is 15.8. The number of nitrogens with one attached hydrogen (secondary N) is 1. The van der Waals surface area contributed by atoms with Crippen LogP contribution in [0.25, 0.3) is 11.3 Å². The van der Waals surface area contributed by atoms with Gasteiger partial charge in [0.15, 0.2) is 5.75 Å². The van der Waals surface area contributed by atoms with E-state index in [1.54, 1.807) is 13.2 Å². The molecule has 0 spiro atoms. The van der Waals surface area contributed by atoms with Gasteiger partial charge < -0.3 is 15.8 Å². The summed E-state index contributed by atoms with van der Waals surface area (Å²) >= 11 is 6.05. The summed E-state index contributed by atoms with van der Waals surface area (Å²) in [5.41, 5.74) is 11.8. The molecule has 9 heteroatoms. The average molecular weight is 470 g/mol. The Labute approximate surface area is 193 Å². The van der Waals surface area contributed by atoms with Crippen LogP contribution < -0.4 is 21.2 Å². The van der Waals surface area contributed by atoms with Crippen molar-refractivity contribution in [3.63, 3.8) is 0 Å². The third-order valence-corrected chi connectivity index (χ3v) is 9.66. The van der Waals surface area contributed by atoms with Gasteiger partial charge in [-0.25, -0.2) is 4.98 Å². The molecule has 0 aliphatic heterocycles. The lowest BCUT2D eigenvalue weighted by atomic mass is 10.1. The topological polar surface area (TPSA) is 95.1 Å². The molecule has 0 radical (unpaired) electrons. The number of hydrogen-bond acceptors (Lipinski definition) is 5. The van der Waals surface area contributed by atoms with Crippen LogP contribution in [0.5, 0.6) is 5.75 Å². The Bertz CT molecular complexity index is 1180. The summed E-state index contributed by atoms with van der Waals surface area (Å²) in [6, 6.07) is 9.63. The fraction of sp³-hybridized carbons (Fsp3) is 0.348. The van der Waals surface area contributed by atoms with Crippen molar-refractivity contribution in [3.8, 4) is 17.0 Å². The lowest BCUT2D eigenvalue weighted by molar-refractivity contribution is 0.100. The van der Waals surface area contributed by atoms with Gasteiger partial charge in [-0.2, -0.15) is 5.10 Å². The molecule has 2 heterocycles. The van der Waals surface area contributed by atoms with Crippen molar-refractivity contribution in [1.82, 2.24) is 14.8 Å². The predicted molar refractivity (Wildman–Crippen MR) is 129 cm³/mol. The van der Waals surface area contributed by atoms with Gasteiger partial charge in [0, 0.05) is 18.8 Å². The molecule has 5 rings (SSSR count). The maximum atomic E-state index is 11.8. The number of hydrogen-bond donors (Lipinski definition) is 2. The number of methoxy groups -OCH3 is 1. The van der Waals surface area contributed by atoms with Crippen molar-refractivity contribution in [2.24, 2.45) is 12.8 Å². The predicted octanol–water partition coefficient (Wildman–Crippen LogP) is 4.42. The van der Waals surface area contributed by atoms with Crippen molar-refractivity contribution in [3.05, 3.63) is 47.2 Å². The first-order chi connectivity index (χ1) is 15.5. The first-order valence-electron chi connectivity index (χ1n) is 10.7. The number of rotatable bonds is 8. The molecule has 3 aromatic rings. The Morgan fingerprint density at radius 3 is 2.56 bits per heavy atom. The van der Waals surface area contributed by atoms with E-state index in [0.29, 0.717) is 17.1 Å². The van der Waals surface area contributed by atoms with Gasteiger partial charge in [-0.15, -0.1) is 0 Å². The molecule has 1 amide bonds. The van der Waals surface area contributed by atoms with Gasteiger partial charge in [0.25, 0.3) is 5.91 Å². The highest BCUT2D eigenvalue weighted by Crippen LogP contribution is 2.63. The van der Waals surface area contributed by atoms with Gasteiger partial charge in [-0.3, -0.25) is 9.48 Å². The second-order valence-corrected chi connectivity index (χ2v) is 11.4. The van der Waals surface area contributed by atoms with E-state index < -0.39 is 5.91 Å². The zero-order chi connectivity index (χ0) is 22.4. The fourth-order valence-corrected chi connectivity index (χ4v) is 7.70. The number of amides is 1. The van der Waals surface area contributed by atoms with Crippen molar-refractivity contribution in [2.45, 2.75) is 37.0 Å². The number of nitrogens with zero attached hydrogens (tertiary/aromatic N) is 3. The number of para-hydroxylation sites is 1. The fourth-order valence-electron chi connectivity index (χ4n) is 4.14. The lowest BCUT2D eigenvalue weighted by Gasteiger charge is -2.16. The molecule has 0 bridgehead atoms. The highest BCUT2D eigenvalue weighted by molar-refractivity contribution is 7.67. The summed E-state index contributed by atoms with van der Waals surface area (Å²) in [5, 5.41) is 8.36. The maximum absolute atomic E-state index is 11.8. The summed E-state index contributed by atoms with van der Waals surface area (Å²) < 4.78 is 7.85. The molecule has 32 heavy (non-hydrogen) atoms. The minimum atomic E-state index is -0.588. The molecule has 2 saturated carbocycles. The zero-order valence-electron chi connectivity index (χ0n) is 18.0. The Kier molecular flexibility index (Phi) is 5.56. The van der Waals surface area contributed by atoms with Crippen LogP contribution >= 0.6 is 19.5 Å². The second-order valence-electron chi connectivity index (χ2n) is 8.31. The number of carbonyl (C=O) groups excluding carboxylic acids is 1. The molecule has 0 atom stereocenters. The standard InChI is InChI=1S/C23H25ClN5O2P/c1-29-21(32(13-6-7-13)14-8-9-14)11-19(28-29)15-4-3-5-17(22(15)31-2)27-18-10-20(24)26-12-16(18)23(25)30/h3-5,10-14H,6-9H2,1-2H3,(H2,25,30)(H,26,27). The number of pyridine rings is 1. The number of primary amides is 1. The van der Waals surface area contributed by atoms with E-state index in [1.807, 2.05) is 25.2 Å². The van der Waals surface area contributed by atoms with Crippen molar-refractivity contribution in [1.29, 1.82) is 0 Å². The molecule has 0 saturated heterocycles. The van der Waals surface area contributed by atoms with Crippen molar-refractivity contribution < 1.29 is 9.53 Å². The van der Waals surface area contributed by atoms with Gasteiger partial charge in [-0.05, 0) is 69.2 Å². The minimum absolute atomic E-state index is 0.148. The first kappa shape index (κ1) is 21.2. The highest BCUT2D eigenvalue weighted by Gasteiger charge is 2.43. The molecule has 0 unspecified atom stereocenters. The molecule has 2 aliphatic rings. The van der Waals surface area contributed by atoms with Crippen LogP contribution in [0.4, 0.5) is 11.4 Å². The zero-order valence-corrected chi connectivity index (χ0v) is 19.7. The summed E-state index contributed by atoms with van der Waals surface area (Å²) in [7, 11) is 3.53. The third-order valence-electron chi connectivity index (χ3n) is 5.90. The van der Waals surface area contributed by atoms with E-state index >= 15 is 0 Å². The van der Waals surface area contributed by atoms with Gasteiger partial charge in [0.2, 0.25) is 0 Å². The molecule has 166 valence electrons. The van der Waals surface area contributed by atoms with Crippen LogP contribution in [0, 0.1) is 0 Å².